The molecule has 0 spiro atoms. The maximum absolute atomic E-state index is 12.0. The number of halogens is 1. The van der Waals surface area contributed by atoms with E-state index in [1.807, 2.05) is 0 Å². The van der Waals surface area contributed by atoms with Crippen molar-refractivity contribution in [2.75, 3.05) is 7.05 Å². The zero-order valence-electron chi connectivity index (χ0n) is 9.09. The Hall–Kier alpha value is -1.95. The van der Waals surface area contributed by atoms with Crippen LogP contribution >= 0.6 is 11.6 Å². The molecule has 0 radical (unpaired) electrons. The lowest BCUT2D eigenvalue weighted by atomic mass is 10.3. The van der Waals surface area contributed by atoms with Crippen LogP contribution < -0.4 is 0 Å². The third-order valence-electron chi connectivity index (χ3n) is 2.13. The number of aromatic amines is 1. The number of amides is 1. The molecule has 0 bridgehead atoms. The largest absolute Gasteiger partial charge is 0.333 e. The van der Waals surface area contributed by atoms with Crippen molar-refractivity contribution in [3.63, 3.8) is 0 Å². The zero-order valence-corrected chi connectivity index (χ0v) is 9.85. The minimum Gasteiger partial charge on any atom is -0.333 e. The summed E-state index contributed by atoms with van der Waals surface area (Å²) < 4.78 is 0. The molecule has 2 aromatic heterocycles. The number of hydrogen-bond acceptors (Lipinski definition) is 4. The Labute approximate surface area is 103 Å². The fraction of sp³-hybridized carbons (Fsp3) is 0.200. The lowest BCUT2D eigenvalue weighted by Gasteiger charge is -2.14. The summed E-state index contributed by atoms with van der Waals surface area (Å²) in [6, 6.07) is 4.92. The van der Waals surface area contributed by atoms with E-state index in [0.29, 0.717) is 23.2 Å². The first-order valence-corrected chi connectivity index (χ1v) is 5.27. The van der Waals surface area contributed by atoms with Crippen LogP contribution in [0.1, 0.15) is 16.3 Å². The van der Waals surface area contributed by atoms with Crippen LogP contribution in [0.25, 0.3) is 0 Å². The Morgan fingerprint density at radius 3 is 3.00 bits per heavy atom. The van der Waals surface area contributed by atoms with Gasteiger partial charge in [0.05, 0.1) is 6.54 Å². The van der Waals surface area contributed by atoms with E-state index in [1.54, 1.807) is 25.2 Å². The molecule has 0 aliphatic heterocycles. The number of H-pyrrole nitrogens is 1. The first-order chi connectivity index (χ1) is 8.16. The van der Waals surface area contributed by atoms with Crippen molar-refractivity contribution < 1.29 is 4.79 Å². The molecule has 0 fully saturated rings. The molecule has 17 heavy (non-hydrogen) atoms. The van der Waals surface area contributed by atoms with Crippen LogP contribution in [0.2, 0.25) is 5.15 Å². The van der Waals surface area contributed by atoms with Crippen molar-refractivity contribution >= 4 is 17.5 Å². The Morgan fingerprint density at radius 2 is 2.35 bits per heavy atom. The van der Waals surface area contributed by atoms with E-state index < -0.39 is 0 Å². The average Bonchev–Trinajstić information content (AvgIpc) is 2.80. The van der Waals surface area contributed by atoms with Gasteiger partial charge in [0.1, 0.15) is 23.0 Å². The van der Waals surface area contributed by atoms with E-state index in [9.17, 15) is 4.79 Å². The van der Waals surface area contributed by atoms with Gasteiger partial charge in [0.25, 0.3) is 5.91 Å². The third-order valence-corrected chi connectivity index (χ3v) is 2.34. The van der Waals surface area contributed by atoms with E-state index in [4.69, 9.17) is 11.6 Å². The predicted molar refractivity (Wildman–Crippen MR) is 61.4 cm³/mol. The van der Waals surface area contributed by atoms with Gasteiger partial charge in [-0.05, 0) is 12.1 Å². The minimum absolute atomic E-state index is 0.219. The maximum Gasteiger partial charge on any atom is 0.272 e. The molecule has 2 aromatic rings. The van der Waals surface area contributed by atoms with Gasteiger partial charge in [-0.15, -0.1) is 0 Å². The minimum atomic E-state index is -0.219. The molecule has 0 saturated heterocycles. The molecular weight excluding hydrogens is 242 g/mol. The van der Waals surface area contributed by atoms with Crippen molar-refractivity contribution in [1.29, 1.82) is 0 Å². The SMILES string of the molecule is CN(Cc1ncn[nH]1)C(=O)c1cccc(Cl)n1. The van der Waals surface area contributed by atoms with E-state index in [2.05, 4.69) is 20.2 Å². The fourth-order valence-corrected chi connectivity index (χ4v) is 1.49. The number of rotatable bonds is 3. The predicted octanol–water partition coefficient (Wildman–Crippen LogP) is 1.13. The van der Waals surface area contributed by atoms with Crippen LogP contribution in [-0.2, 0) is 6.54 Å². The first kappa shape index (κ1) is 11.5. The molecule has 1 amide bonds. The molecular formula is C10H10ClN5O. The topological polar surface area (TPSA) is 74.8 Å². The zero-order chi connectivity index (χ0) is 12.3. The Bertz CT molecular complexity index is 513. The molecule has 0 atom stereocenters. The molecule has 0 saturated carbocycles. The average molecular weight is 252 g/mol. The van der Waals surface area contributed by atoms with Crippen molar-refractivity contribution in [3.05, 3.63) is 41.2 Å². The monoisotopic (exact) mass is 251 g/mol. The highest BCUT2D eigenvalue weighted by Gasteiger charge is 2.14. The van der Waals surface area contributed by atoms with Crippen LogP contribution in [0, 0.1) is 0 Å². The Kier molecular flexibility index (Phi) is 3.34. The fourth-order valence-electron chi connectivity index (χ4n) is 1.33. The molecule has 2 heterocycles. The van der Waals surface area contributed by atoms with Crippen LogP contribution in [0.5, 0.6) is 0 Å². The van der Waals surface area contributed by atoms with E-state index >= 15 is 0 Å². The van der Waals surface area contributed by atoms with Crippen molar-refractivity contribution in [2.45, 2.75) is 6.54 Å². The molecule has 0 aromatic carbocycles. The van der Waals surface area contributed by atoms with Gasteiger partial charge in [0.15, 0.2) is 0 Å². The van der Waals surface area contributed by atoms with Gasteiger partial charge in [0.2, 0.25) is 0 Å². The molecule has 88 valence electrons. The van der Waals surface area contributed by atoms with Gasteiger partial charge in [-0.1, -0.05) is 17.7 Å². The summed E-state index contributed by atoms with van der Waals surface area (Å²) in [6.45, 7) is 0.340. The number of aromatic nitrogens is 4. The molecule has 6 nitrogen and oxygen atoms in total. The summed E-state index contributed by atoms with van der Waals surface area (Å²) in [5.41, 5.74) is 0.305. The highest BCUT2D eigenvalue weighted by Crippen LogP contribution is 2.08. The lowest BCUT2D eigenvalue weighted by Crippen LogP contribution is -2.27. The summed E-state index contributed by atoms with van der Waals surface area (Å²) in [5.74, 6) is 0.395. The molecule has 1 N–H and O–H groups in total. The second kappa shape index (κ2) is 4.92. The van der Waals surface area contributed by atoms with Crippen LogP contribution in [0.3, 0.4) is 0 Å². The number of carbonyl (C=O) groups is 1. The summed E-state index contributed by atoms with van der Waals surface area (Å²) in [5, 5.41) is 6.69. The Balaban J connectivity index is 2.09. The highest BCUT2D eigenvalue weighted by atomic mass is 35.5. The van der Waals surface area contributed by atoms with E-state index in [-0.39, 0.29) is 5.91 Å². The second-order valence-corrected chi connectivity index (χ2v) is 3.83. The summed E-state index contributed by atoms with van der Waals surface area (Å²) in [6.07, 6.45) is 1.39. The smallest absolute Gasteiger partial charge is 0.272 e. The Morgan fingerprint density at radius 1 is 1.53 bits per heavy atom. The van der Waals surface area contributed by atoms with Gasteiger partial charge in [-0.3, -0.25) is 9.89 Å². The van der Waals surface area contributed by atoms with Crippen LogP contribution in [-0.4, -0.2) is 38.0 Å². The lowest BCUT2D eigenvalue weighted by molar-refractivity contribution is 0.0776. The van der Waals surface area contributed by atoms with Gasteiger partial charge < -0.3 is 4.90 Å². The first-order valence-electron chi connectivity index (χ1n) is 4.89. The standard InChI is InChI=1S/C10H10ClN5O/c1-16(5-9-12-6-13-15-9)10(17)7-3-2-4-8(11)14-7/h2-4,6H,5H2,1H3,(H,12,13,15). The number of nitrogens with one attached hydrogen (secondary N) is 1. The van der Waals surface area contributed by atoms with Crippen LogP contribution in [0.15, 0.2) is 24.5 Å². The number of nitrogens with zero attached hydrogens (tertiary/aromatic N) is 4. The number of hydrogen-bond donors (Lipinski definition) is 1. The maximum atomic E-state index is 12.0. The van der Waals surface area contributed by atoms with Crippen LogP contribution in [0.4, 0.5) is 0 Å². The molecule has 0 unspecified atom stereocenters. The van der Waals surface area contributed by atoms with Crippen molar-refractivity contribution in [1.82, 2.24) is 25.1 Å². The summed E-state index contributed by atoms with van der Waals surface area (Å²) >= 11 is 5.73. The number of pyridine rings is 1. The van der Waals surface area contributed by atoms with Crippen molar-refractivity contribution in [2.24, 2.45) is 0 Å². The molecule has 0 aliphatic rings. The summed E-state index contributed by atoms with van der Waals surface area (Å²) in [4.78, 5) is 21.3. The molecule has 0 aliphatic carbocycles. The third kappa shape index (κ3) is 2.79. The molecule has 7 heteroatoms. The quantitative estimate of drug-likeness (QED) is 0.830. The highest BCUT2D eigenvalue weighted by molar-refractivity contribution is 6.29. The summed E-state index contributed by atoms with van der Waals surface area (Å²) in [7, 11) is 1.66. The van der Waals surface area contributed by atoms with E-state index in [0.717, 1.165) is 0 Å². The van der Waals surface area contributed by atoms with Gasteiger partial charge >= 0.3 is 0 Å². The van der Waals surface area contributed by atoms with E-state index in [1.165, 1.54) is 11.2 Å². The normalized spacial score (nSPS) is 10.2. The second-order valence-electron chi connectivity index (χ2n) is 3.44. The van der Waals surface area contributed by atoms with Crippen molar-refractivity contribution in [3.8, 4) is 0 Å². The van der Waals surface area contributed by atoms with Gasteiger partial charge in [-0.25, -0.2) is 9.97 Å². The van der Waals surface area contributed by atoms with Gasteiger partial charge in [0, 0.05) is 7.05 Å². The number of carbonyl (C=O) groups excluding carboxylic acids is 1. The van der Waals surface area contributed by atoms with Gasteiger partial charge in [-0.2, -0.15) is 5.10 Å². The molecule has 2 rings (SSSR count).